The summed E-state index contributed by atoms with van der Waals surface area (Å²) in [7, 11) is 0. The molecule has 3 N–H and O–H groups in total. The molecular weight excluding hydrogens is 350 g/mol. The molecule has 3 rings (SSSR count). The van der Waals surface area contributed by atoms with Gasteiger partial charge in [-0.3, -0.25) is 4.79 Å². The Morgan fingerprint density at radius 1 is 1.12 bits per heavy atom. The van der Waals surface area contributed by atoms with Gasteiger partial charge in [0.1, 0.15) is 0 Å². The highest BCUT2D eigenvalue weighted by Gasteiger charge is 2.06. The number of halogens is 1. The lowest BCUT2D eigenvalue weighted by Crippen LogP contribution is -2.31. The van der Waals surface area contributed by atoms with Gasteiger partial charge in [0, 0.05) is 28.3 Å². The number of nitrogens with one attached hydrogen (secondary N) is 3. The van der Waals surface area contributed by atoms with Crippen molar-refractivity contribution in [2.45, 2.75) is 20.3 Å². The second-order valence-corrected chi connectivity index (χ2v) is 6.73. The van der Waals surface area contributed by atoms with Crippen molar-refractivity contribution in [1.82, 2.24) is 10.3 Å². The number of aromatic nitrogens is 1. The van der Waals surface area contributed by atoms with Crippen LogP contribution in [-0.4, -0.2) is 17.6 Å². The Balaban J connectivity index is 1.64. The van der Waals surface area contributed by atoms with Crippen LogP contribution in [0.2, 0.25) is 5.02 Å². The molecule has 5 nitrogen and oxygen atoms in total. The van der Waals surface area contributed by atoms with E-state index in [4.69, 9.17) is 11.6 Å². The highest BCUT2D eigenvalue weighted by Crippen LogP contribution is 2.17. The molecule has 0 fully saturated rings. The van der Waals surface area contributed by atoms with Gasteiger partial charge in [0.05, 0.1) is 0 Å². The van der Waals surface area contributed by atoms with E-state index in [1.54, 1.807) is 24.3 Å². The third kappa shape index (κ3) is 4.24. The number of H-pyrrole nitrogens is 1. The minimum Gasteiger partial charge on any atom is -0.338 e. The van der Waals surface area contributed by atoms with Gasteiger partial charge in [-0.2, -0.15) is 0 Å². The quantitative estimate of drug-likeness (QED) is 0.646. The average molecular weight is 370 g/mol. The Labute approximate surface area is 156 Å². The Morgan fingerprint density at radius 3 is 2.65 bits per heavy atom. The van der Waals surface area contributed by atoms with Crippen molar-refractivity contribution in [2.75, 3.05) is 11.9 Å². The lowest BCUT2D eigenvalue weighted by Gasteiger charge is -2.09. The maximum atomic E-state index is 12.2. The molecule has 0 radical (unpaired) electrons. The lowest BCUT2D eigenvalue weighted by molar-refractivity contribution is 0.252. The summed E-state index contributed by atoms with van der Waals surface area (Å²) in [6.07, 6.45) is 0.446. The molecule has 0 aliphatic rings. The fraction of sp³-hybridized carbons (Fsp3) is 0.200. The molecular formula is C20H20ClN3O2. The van der Waals surface area contributed by atoms with Gasteiger partial charge in [-0.25, -0.2) is 4.79 Å². The first kappa shape index (κ1) is 18.0. The van der Waals surface area contributed by atoms with Crippen LogP contribution in [0.15, 0.2) is 47.3 Å². The van der Waals surface area contributed by atoms with Crippen molar-refractivity contribution in [1.29, 1.82) is 0 Å². The molecule has 0 spiro atoms. The van der Waals surface area contributed by atoms with Crippen molar-refractivity contribution < 1.29 is 4.79 Å². The van der Waals surface area contributed by atoms with Gasteiger partial charge in [-0.1, -0.05) is 17.7 Å². The first-order chi connectivity index (χ1) is 12.4. The Bertz CT molecular complexity index is 1030. The van der Waals surface area contributed by atoms with Crippen molar-refractivity contribution in [2.24, 2.45) is 0 Å². The maximum absolute atomic E-state index is 12.2. The third-order valence-electron chi connectivity index (χ3n) is 4.30. The van der Waals surface area contributed by atoms with Gasteiger partial charge in [0.2, 0.25) is 0 Å². The molecule has 0 atom stereocenters. The first-order valence-corrected chi connectivity index (χ1v) is 8.74. The number of carbonyl (C=O) groups excluding carboxylic acids is 1. The van der Waals surface area contributed by atoms with Crippen LogP contribution in [-0.2, 0) is 6.42 Å². The van der Waals surface area contributed by atoms with Gasteiger partial charge in [0.15, 0.2) is 0 Å². The normalized spacial score (nSPS) is 10.7. The molecule has 0 saturated heterocycles. The summed E-state index contributed by atoms with van der Waals surface area (Å²) in [5.41, 5.74) is 4.27. The molecule has 0 aliphatic heterocycles. The molecule has 1 heterocycles. The second kappa shape index (κ2) is 7.62. The zero-order valence-electron chi connectivity index (χ0n) is 14.7. The summed E-state index contributed by atoms with van der Waals surface area (Å²) in [5, 5.41) is 7.00. The van der Waals surface area contributed by atoms with E-state index in [2.05, 4.69) is 21.7 Å². The predicted octanol–water partition coefficient (Wildman–Crippen LogP) is 4.16. The van der Waals surface area contributed by atoms with Crippen LogP contribution in [0.25, 0.3) is 10.9 Å². The summed E-state index contributed by atoms with van der Waals surface area (Å²) in [5.74, 6) is 0. The molecule has 2 aromatic carbocycles. The largest absolute Gasteiger partial charge is 0.338 e. The fourth-order valence-electron chi connectivity index (χ4n) is 2.76. The number of hydrogen-bond donors (Lipinski definition) is 3. The number of aromatic amines is 1. The summed E-state index contributed by atoms with van der Waals surface area (Å²) < 4.78 is 0. The van der Waals surface area contributed by atoms with Gasteiger partial charge in [-0.05, 0) is 73.2 Å². The number of pyridine rings is 1. The molecule has 0 bridgehead atoms. The van der Waals surface area contributed by atoms with E-state index < -0.39 is 0 Å². The maximum Gasteiger partial charge on any atom is 0.319 e. The van der Waals surface area contributed by atoms with E-state index >= 15 is 0 Å². The number of carbonyl (C=O) groups is 1. The number of benzene rings is 2. The van der Waals surface area contributed by atoms with Crippen LogP contribution >= 0.6 is 11.6 Å². The summed E-state index contributed by atoms with van der Waals surface area (Å²) in [4.78, 5) is 27.1. The summed E-state index contributed by atoms with van der Waals surface area (Å²) in [6, 6.07) is 12.5. The number of hydrogen-bond acceptors (Lipinski definition) is 2. The fourth-order valence-corrected chi connectivity index (χ4v) is 2.95. The van der Waals surface area contributed by atoms with Crippen molar-refractivity contribution in [3.8, 4) is 0 Å². The number of aryl methyl sites for hydroxylation is 2. The van der Waals surface area contributed by atoms with E-state index in [9.17, 15) is 9.59 Å². The molecule has 6 heteroatoms. The topological polar surface area (TPSA) is 74.0 Å². The molecule has 0 unspecified atom stereocenters. The highest BCUT2D eigenvalue weighted by atomic mass is 35.5. The van der Waals surface area contributed by atoms with Gasteiger partial charge in [0.25, 0.3) is 5.56 Å². The van der Waals surface area contributed by atoms with E-state index in [0.717, 1.165) is 16.5 Å². The third-order valence-corrected chi connectivity index (χ3v) is 4.53. The molecule has 3 aromatic rings. The Morgan fingerprint density at radius 2 is 1.88 bits per heavy atom. The van der Waals surface area contributed by atoms with Crippen molar-refractivity contribution in [3.63, 3.8) is 0 Å². The molecule has 134 valence electrons. The smallest absolute Gasteiger partial charge is 0.319 e. The minimum atomic E-state index is -0.337. The standard InChI is InChI=1S/C20H20ClN3O2/c1-12-8-15-10-14(19(25)24-18(15)9-13(12)2)6-7-22-20(26)23-17-5-3-4-16(21)11-17/h3-5,8-11H,6-7H2,1-2H3,(H,24,25)(H2,22,23,26). The minimum absolute atomic E-state index is 0.127. The number of amides is 2. The zero-order valence-corrected chi connectivity index (χ0v) is 15.4. The summed E-state index contributed by atoms with van der Waals surface area (Å²) >= 11 is 5.89. The molecule has 26 heavy (non-hydrogen) atoms. The van der Waals surface area contributed by atoms with Crippen molar-refractivity contribution >= 4 is 34.2 Å². The van der Waals surface area contributed by atoms with Crippen molar-refractivity contribution in [3.05, 3.63) is 74.5 Å². The van der Waals surface area contributed by atoms with Gasteiger partial charge < -0.3 is 15.6 Å². The van der Waals surface area contributed by atoms with Crippen LogP contribution in [0.1, 0.15) is 16.7 Å². The van der Waals surface area contributed by atoms with E-state index in [1.165, 1.54) is 5.56 Å². The SMILES string of the molecule is Cc1cc2cc(CCNC(=O)Nc3cccc(Cl)c3)c(=O)[nH]c2cc1C. The first-order valence-electron chi connectivity index (χ1n) is 8.36. The highest BCUT2D eigenvalue weighted by molar-refractivity contribution is 6.30. The monoisotopic (exact) mass is 369 g/mol. The lowest BCUT2D eigenvalue weighted by atomic mass is 10.0. The number of anilines is 1. The number of rotatable bonds is 4. The average Bonchev–Trinajstić information content (AvgIpc) is 2.57. The molecule has 2 amide bonds. The molecule has 1 aromatic heterocycles. The number of urea groups is 1. The summed E-state index contributed by atoms with van der Waals surface area (Å²) in [6.45, 7) is 4.41. The van der Waals surface area contributed by atoms with E-state index in [0.29, 0.717) is 29.2 Å². The Kier molecular flexibility index (Phi) is 5.28. The van der Waals surface area contributed by atoms with E-state index in [-0.39, 0.29) is 11.6 Å². The van der Waals surface area contributed by atoms with Gasteiger partial charge in [-0.15, -0.1) is 0 Å². The van der Waals surface area contributed by atoms with Crippen LogP contribution in [0.5, 0.6) is 0 Å². The van der Waals surface area contributed by atoms with Gasteiger partial charge >= 0.3 is 6.03 Å². The van der Waals surface area contributed by atoms with Crippen LogP contribution in [0.3, 0.4) is 0 Å². The zero-order chi connectivity index (χ0) is 18.7. The van der Waals surface area contributed by atoms with Crippen LogP contribution in [0.4, 0.5) is 10.5 Å². The Hall–Kier alpha value is -2.79. The number of fused-ring (bicyclic) bond motifs is 1. The van der Waals surface area contributed by atoms with Crippen LogP contribution in [0, 0.1) is 13.8 Å². The van der Waals surface area contributed by atoms with Crippen LogP contribution < -0.4 is 16.2 Å². The molecule has 0 aliphatic carbocycles. The van der Waals surface area contributed by atoms with E-state index in [1.807, 2.05) is 26.0 Å². The second-order valence-electron chi connectivity index (χ2n) is 6.29. The molecule has 0 saturated carbocycles. The predicted molar refractivity (Wildman–Crippen MR) is 106 cm³/mol.